The number of rotatable bonds is 6. The topological polar surface area (TPSA) is 66.9 Å². The van der Waals surface area contributed by atoms with E-state index in [2.05, 4.69) is 26.1 Å². The molecule has 0 radical (unpaired) electrons. The van der Waals surface area contributed by atoms with Gasteiger partial charge in [-0.1, -0.05) is 29.8 Å². The van der Waals surface area contributed by atoms with Crippen molar-refractivity contribution in [3.63, 3.8) is 0 Å². The number of hydrogen-bond donors (Lipinski definition) is 2. The van der Waals surface area contributed by atoms with Crippen molar-refractivity contribution in [3.8, 4) is 0 Å². The maximum Gasteiger partial charge on any atom is 0.271 e. The van der Waals surface area contributed by atoms with E-state index in [9.17, 15) is 4.79 Å². The number of hydrogen-bond acceptors (Lipinski definition) is 6. The molecular formula is C16H16N4OS2. The predicted octanol–water partition coefficient (Wildman–Crippen LogP) is 3.49. The summed E-state index contributed by atoms with van der Waals surface area (Å²) < 4.78 is 4.07. The second kappa shape index (κ2) is 7.34. The minimum Gasteiger partial charge on any atom is -0.381 e. The Hall–Kier alpha value is -2.25. The first-order chi connectivity index (χ1) is 11.2. The lowest BCUT2D eigenvalue weighted by Gasteiger charge is -2.20. The van der Waals surface area contributed by atoms with E-state index in [0.717, 1.165) is 16.8 Å². The molecule has 1 aromatic carbocycles. The monoisotopic (exact) mass is 344 g/mol. The molecule has 0 aliphatic heterocycles. The van der Waals surface area contributed by atoms with E-state index in [1.807, 2.05) is 30.5 Å². The summed E-state index contributed by atoms with van der Waals surface area (Å²) in [5.41, 5.74) is 5.28. The molecule has 7 heteroatoms. The first-order valence-electron chi connectivity index (χ1n) is 7.11. The summed E-state index contributed by atoms with van der Waals surface area (Å²) in [6.07, 6.45) is 1.78. The Balaban J connectivity index is 1.76. The van der Waals surface area contributed by atoms with Crippen LogP contribution in [0.4, 0.5) is 5.69 Å². The largest absolute Gasteiger partial charge is 0.381 e. The Kier molecular flexibility index (Phi) is 4.99. The third kappa shape index (κ3) is 4.14. The van der Waals surface area contributed by atoms with Crippen molar-refractivity contribution >= 4 is 34.5 Å². The summed E-state index contributed by atoms with van der Waals surface area (Å²) in [7, 11) is 0. The fourth-order valence-electron chi connectivity index (χ4n) is 2.21. The fourth-order valence-corrected chi connectivity index (χ4v) is 3.23. The molecule has 2 N–H and O–H groups in total. The summed E-state index contributed by atoms with van der Waals surface area (Å²) in [6, 6.07) is 7.99. The average molecular weight is 344 g/mol. The molecule has 0 fully saturated rings. The second-order valence-corrected chi connectivity index (χ2v) is 6.48. The van der Waals surface area contributed by atoms with Crippen LogP contribution in [0, 0.1) is 6.92 Å². The number of anilines is 1. The van der Waals surface area contributed by atoms with Crippen molar-refractivity contribution < 1.29 is 4.79 Å². The Labute approximate surface area is 142 Å². The first-order valence-corrected chi connectivity index (χ1v) is 8.89. The van der Waals surface area contributed by atoms with Crippen molar-refractivity contribution in [1.82, 2.24) is 14.7 Å². The summed E-state index contributed by atoms with van der Waals surface area (Å²) in [5.74, 6) is -0.164. The molecule has 0 spiro atoms. The van der Waals surface area contributed by atoms with Crippen LogP contribution in [0.25, 0.3) is 0 Å². The summed E-state index contributed by atoms with van der Waals surface area (Å²) in [5, 5.41) is 10.0. The van der Waals surface area contributed by atoms with Crippen LogP contribution < -0.4 is 10.6 Å². The zero-order valence-corrected chi connectivity index (χ0v) is 14.2. The van der Waals surface area contributed by atoms with Crippen molar-refractivity contribution in [2.75, 3.05) is 11.9 Å². The second-order valence-electron chi connectivity index (χ2n) is 5.11. The average Bonchev–Trinajstić information content (AvgIpc) is 3.24. The number of aryl methyl sites for hydroxylation is 1. The Morgan fingerprint density at radius 2 is 2.26 bits per heavy atom. The Morgan fingerprint density at radius 1 is 1.35 bits per heavy atom. The Morgan fingerprint density at radius 3 is 2.96 bits per heavy atom. The van der Waals surface area contributed by atoms with Crippen LogP contribution in [0.1, 0.15) is 27.7 Å². The molecule has 3 rings (SSSR count). The highest BCUT2D eigenvalue weighted by molar-refractivity contribution is 7.07. The summed E-state index contributed by atoms with van der Waals surface area (Å²) in [4.78, 5) is 16.4. The quantitative estimate of drug-likeness (QED) is 0.718. The van der Waals surface area contributed by atoms with E-state index in [-0.39, 0.29) is 11.9 Å². The maximum absolute atomic E-state index is 12.3. The van der Waals surface area contributed by atoms with Gasteiger partial charge >= 0.3 is 0 Å². The number of nitrogens with zero attached hydrogens (tertiary/aromatic N) is 2. The van der Waals surface area contributed by atoms with Crippen molar-refractivity contribution in [2.24, 2.45) is 0 Å². The van der Waals surface area contributed by atoms with Gasteiger partial charge in [0, 0.05) is 17.3 Å². The van der Waals surface area contributed by atoms with Gasteiger partial charge in [-0.25, -0.2) is 4.98 Å². The third-order valence-electron chi connectivity index (χ3n) is 3.36. The van der Waals surface area contributed by atoms with Crippen LogP contribution in [0.2, 0.25) is 0 Å². The van der Waals surface area contributed by atoms with E-state index in [1.165, 1.54) is 22.9 Å². The molecule has 118 valence electrons. The highest BCUT2D eigenvalue weighted by atomic mass is 32.1. The van der Waals surface area contributed by atoms with Gasteiger partial charge in [-0.3, -0.25) is 4.79 Å². The highest BCUT2D eigenvalue weighted by Crippen LogP contribution is 2.17. The van der Waals surface area contributed by atoms with Crippen molar-refractivity contribution in [3.05, 3.63) is 63.6 Å². The van der Waals surface area contributed by atoms with Crippen LogP contribution in [0.5, 0.6) is 0 Å². The van der Waals surface area contributed by atoms with Crippen molar-refractivity contribution in [1.29, 1.82) is 0 Å². The molecule has 23 heavy (non-hydrogen) atoms. The molecule has 2 heterocycles. The lowest BCUT2D eigenvalue weighted by atomic mass is 10.0. The number of thiazole rings is 1. The molecule has 2 aromatic heterocycles. The number of nitrogens with one attached hydrogen (secondary N) is 2. The molecule has 1 amide bonds. The van der Waals surface area contributed by atoms with Gasteiger partial charge in [0.25, 0.3) is 5.91 Å². The van der Waals surface area contributed by atoms with Gasteiger partial charge in [0.15, 0.2) is 0 Å². The van der Waals surface area contributed by atoms with E-state index in [0.29, 0.717) is 12.2 Å². The fraction of sp³-hybridized carbons (Fsp3) is 0.188. The van der Waals surface area contributed by atoms with Crippen LogP contribution >= 0.6 is 22.9 Å². The lowest BCUT2D eigenvalue weighted by molar-refractivity contribution is 0.0934. The summed E-state index contributed by atoms with van der Waals surface area (Å²) >= 11 is 2.80. The molecule has 0 saturated heterocycles. The van der Waals surface area contributed by atoms with Gasteiger partial charge in [-0.05, 0) is 24.0 Å². The van der Waals surface area contributed by atoms with E-state index in [1.54, 1.807) is 17.1 Å². The standard InChI is InChI=1S/C16H16N4OS2/c1-11-3-2-4-12(5-11)14(7-17-13-6-19-23-8-13)20-16(21)15-9-22-10-18-15/h2-6,8-10,14,17H,7H2,1H3,(H,20,21). The van der Waals surface area contributed by atoms with Gasteiger partial charge in [-0.2, -0.15) is 4.37 Å². The van der Waals surface area contributed by atoms with E-state index < -0.39 is 0 Å². The molecule has 1 unspecified atom stereocenters. The molecule has 0 aliphatic rings. The van der Waals surface area contributed by atoms with Crippen LogP contribution in [-0.2, 0) is 0 Å². The predicted molar refractivity (Wildman–Crippen MR) is 94.1 cm³/mol. The summed E-state index contributed by atoms with van der Waals surface area (Å²) in [6.45, 7) is 2.62. The number of benzene rings is 1. The lowest BCUT2D eigenvalue weighted by Crippen LogP contribution is -2.33. The zero-order chi connectivity index (χ0) is 16.1. The molecule has 0 bridgehead atoms. The molecule has 0 saturated carbocycles. The maximum atomic E-state index is 12.3. The minimum atomic E-state index is -0.164. The van der Waals surface area contributed by atoms with Gasteiger partial charge in [0.05, 0.1) is 23.4 Å². The molecule has 3 aromatic rings. The zero-order valence-electron chi connectivity index (χ0n) is 12.5. The van der Waals surface area contributed by atoms with Crippen molar-refractivity contribution in [2.45, 2.75) is 13.0 Å². The van der Waals surface area contributed by atoms with Crippen LogP contribution in [0.15, 0.2) is 46.7 Å². The minimum absolute atomic E-state index is 0.149. The number of amides is 1. The highest BCUT2D eigenvalue weighted by Gasteiger charge is 2.17. The molecule has 0 aliphatic carbocycles. The number of carbonyl (C=O) groups excluding carboxylic acids is 1. The molecular weight excluding hydrogens is 328 g/mol. The van der Waals surface area contributed by atoms with Gasteiger partial charge in [-0.15, -0.1) is 11.3 Å². The van der Waals surface area contributed by atoms with Gasteiger partial charge < -0.3 is 10.6 Å². The van der Waals surface area contributed by atoms with Gasteiger partial charge in [0.2, 0.25) is 0 Å². The Bertz CT molecular complexity index is 756. The SMILES string of the molecule is Cc1cccc(C(CNc2cnsc2)NC(=O)c2cscn2)c1. The van der Waals surface area contributed by atoms with Crippen LogP contribution in [-0.4, -0.2) is 21.8 Å². The van der Waals surface area contributed by atoms with Crippen LogP contribution in [0.3, 0.4) is 0 Å². The molecule has 5 nitrogen and oxygen atoms in total. The third-order valence-corrected chi connectivity index (χ3v) is 4.53. The number of carbonyl (C=O) groups is 1. The smallest absolute Gasteiger partial charge is 0.271 e. The molecule has 1 atom stereocenters. The normalized spacial score (nSPS) is 11.9. The van der Waals surface area contributed by atoms with Gasteiger partial charge in [0.1, 0.15) is 5.69 Å². The van der Waals surface area contributed by atoms with E-state index >= 15 is 0 Å². The van der Waals surface area contributed by atoms with E-state index in [4.69, 9.17) is 0 Å². The number of aromatic nitrogens is 2. The first kappa shape index (κ1) is 15.6.